The van der Waals surface area contributed by atoms with Crippen LogP contribution in [0.3, 0.4) is 0 Å². The smallest absolute Gasteiger partial charge is 0.299 e. The molecule has 0 saturated heterocycles. The molecular weight excluding hydrogens is 411 g/mol. The molecule has 1 aliphatic rings. The van der Waals surface area contributed by atoms with Gasteiger partial charge in [-0.3, -0.25) is 9.55 Å². The number of imidazole rings is 1. The largest absolute Gasteiger partial charge is 0.508 e. The summed E-state index contributed by atoms with van der Waals surface area (Å²) in [5.41, 5.74) is 3.30. The lowest BCUT2D eigenvalue weighted by molar-refractivity contribution is 0.268. The number of nitrogens with one attached hydrogen (secondary N) is 1. The van der Waals surface area contributed by atoms with Gasteiger partial charge in [0.2, 0.25) is 0 Å². The van der Waals surface area contributed by atoms with Gasteiger partial charge >= 0.3 is 0 Å². The number of anilines is 1. The van der Waals surface area contributed by atoms with Crippen molar-refractivity contribution in [2.75, 3.05) is 18.5 Å². The number of halogens is 1. The van der Waals surface area contributed by atoms with Crippen molar-refractivity contribution in [3.63, 3.8) is 0 Å². The molecule has 0 fully saturated rings. The number of aryl methyl sites for hydroxylation is 1. The Balaban J connectivity index is 1.54. The number of aromatic hydroxyl groups is 1. The minimum Gasteiger partial charge on any atom is -0.508 e. The topological polar surface area (TPSA) is 98.0 Å². The zero-order valence-electron chi connectivity index (χ0n) is 18.1. The summed E-state index contributed by atoms with van der Waals surface area (Å²) in [6.07, 6.45) is 3.41. The number of nitrogens with zero attached hydrogens (tertiary/aromatic N) is 5. The van der Waals surface area contributed by atoms with E-state index in [1.165, 1.54) is 12.3 Å². The van der Waals surface area contributed by atoms with Crippen LogP contribution in [-0.4, -0.2) is 42.8 Å². The van der Waals surface area contributed by atoms with Gasteiger partial charge in [0, 0.05) is 18.3 Å². The van der Waals surface area contributed by atoms with E-state index in [1.807, 2.05) is 23.6 Å². The van der Waals surface area contributed by atoms with Crippen LogP contribution >= 0.6 is 0 Å². The van der Waals surface area contributed by atoms with Gasteiger partial charge in [-0.15, -0.1) is 0 Å². The van der Waals surface area contributed by atoms with Crippen LogP contribution in [0.25, 0.3) is 22.6 Å². The van der Waals surface area contributed by atoms with Gasteiger partial charge in [0.1, 0.15) is 18.2 Å². The molecule has 0 atom stereocenters. The van der Waals surface area contributed by atoms with Gasteiger partial charge in [-0.25, -0.2) is 14.4 Å². The molecule has 4 heterocycles. The molecule has 3 aromatic heterocycles. The molecule has 32 heavy (non-hydrogen) atoms. The molecule has 1 aliphatic heterocycles. The molecule has 5 rings (SSSR count). The summed E-state index contributed by atoms with van der Waals surface area (Å²) in [7, 11) is 0. The lowest BCUT2D eigenvalue weighted by Gasteiger charge is -2.18. The molecular formula is C23H23FN6O2. The first-order valence-electron chi connectivity index (χ1n) is 10.4. The summed E-state index contributed by atoms with van der Waals surface area (Å²) >= 11 is 0. The van der Waals surface area contributed by atoms with Crippen molar-refractivity contribution < 1.29 is 14.2 Å². The SMILES string of the molecule is Cc1cc(CCNc2nc(-c3cncc(F)c3)nc3c2nc2n3C(C)(C)CO2)ccc1O. The van der Waals surface area contributed by atoms with Crippen molar-refractivity contribution in [2.24, 2.45) is 0 Å². The first-order valence-corrected chi connectivity index (χ1v) is 10.4. The Bertz CT molecular complexity index is 1330. The maximum atomic E-state index is 13.8. The maximum Gasteiger partial charge on any atom is 0.299 e. The number of phenolic OH excluding ortho intramolecular Hbond substituents is 1. The second kappa shape index (κ2) is 7.44. The normalized spacial score (nSPS) is 14.4. The average Bonchev–Trinajstić information content (AvgIpc) is 3.28. The van der Waals surface area contributed by atoms with E-state index in [1.54, 1.807) is 6.07 Å². The van der Waals surface area contributed by atoms with Crippen molar-refractivity contribution in [2.45, 2.75) is 32.7 Å². The Morgan fingerprint density at radius 1 is 1.19 bits per heavy atom. The molecule has 0 radical (unpaired) electrons. The highest BCUT2D eigenvalue weighted by Gasteiger charge is 2.36. The van der Waals surface area contributed by atoms with Gasteiger partial charge in [0.05, 0.1) is 11.7 Å². The first-order chi connectivity index (χ1) is 15.3. The van der Waals surface area contributed by atoms with Crippen LogP contribution in [0.4, 0.5) is 10.2 Å². The number of benzene rings is 1. The number of hydrogen-bond donors (Lipinski definition) is 2. The van der Waals surface area contributed by atoms with Crippen LogP contribution in [0, 0.1) is 12.7 Å². The fourth-order valence-corrected chi connectivity index (χ4v) is 3.87. The standard InChI is InChI=1S/C23H23FN6O2/c1-13-8-14(4-5-17(13)31)6-7-26-20-18-21(30-22(27-18)32-12-23(30,2)3)29-19(28-20)15-9-16(24)11-25-10-15/h4-5,8-11,31H,6-7,12H2,1-3H3,(H,26,28,29). The van der Waals surface area contributed by atoms with Crippen LogP contribution in [0.15, 0.2) is 36.7 Å². The lowest BCUT2D eigenvalue weighted by atomic mass is 10.1. The third kappa shape index (κ3) is 3.49. The van der Waals surface area contributed by atoms with E-state index in [-0.39, 0.29) is 11.3 Å². The summed E-state index contributed by atoms with van der Waals surface area (Å²) in [5.74, 6) is 0.734. The molecule has 9 heteroatoms. The van der Waals surface area contributed by atoms with Crippen molar-refractivity contribution >= 4 is 17.0 Å². The van der Waals surface area contributed by atoms with Gasteiger partial charge in [0.15, 0.2) is 22.8 Å². The molecule has 4 aromatic rings. The predicted octanol–water partition coefficient (Wildman–Crippen LogP) is 3.82. The Morgan fingerprint density at radius 3 is 2.81 bits per heavy atom. The highest BCUT2D eigenvalue weighted by atomic mass is 19.1. The third-order valence-corrected chi connectivity index (χ3v) is 5.57. The molecule has 0 unspecified atom stereocenters. The van der Waals surface area contributed by atoms with Crippen molar-refractivity contribution in [3.05, 3.63) is 53.6 Å². The van der Waals surface area contributed by atoms with Crippen LogP contribution in [0.5, 0.6) is 11.8 Å². The maximum absolute atomic E-state index is 13.8. The molecule has 2 N–H and O–H groups in total. The zero-order chi connectivity index (χ0) is 22.5. The van der Waals surface area contributed by atoms with E-state index >= 15 is 0 Å². The van der Waals surface area contributed by atoms with Crippen molar-refractivity contribution in [1.29, 1.82) is 0 Å². The predicted molar refractivity (Wildman–Crippen MR) is 118 cm³/mol. The second-order valence-electron chi connectivity index (χ2n) is 8.59. The Kier molecular flexibility index (Phi) is 4.69. The number of hydrogen-bond acceptors (Lipinski definition) is 7. The summed E-state index contributed by atoms with van der Waals surface area (Å²) in [6.45, 7) is 7.05. The van der Waals surface area contributed by atoms with Gasteiger partial charge in [-0.05, 0) is 50.5 Å². The van der Waals surface area contributed by atoms with Crippen molar-refractivity contribution in [1.82, 2.24) is 24.5 Å². The molecule has 0 saturated carbocycles. The zero-order valence-corrected chi connectivity index (χ0v) is 18.1. The number of fused-ring (bicyclic) bond motifs is 3. The Labute approximate surface area is 184 Å². The molecule has 0 amide bonds. The number of rotatable bonds is 5. The highest BCUT2D eigenvalue weighted by molar-refractivity contribution is 5.86. The highest BCUT2D eigenvalue weighted by Crippen LogP contribution is 2.37. The van der Waals surface area contributed by atoms with Crippen LogP contribution < -0.4 is 10.1 Å². The summed E-state index contributed by atoms with van der Waals surface area (Å²) in [6, 6.07) is 7.40. The third-order valence-electron chi connectivity index (χ3n) is 5.57. The van der Waals surface area contributed by atoms with Crippen LogP contribution in [0.2, 0.25) is 0 Å². The molecule has 0 bridgehead atoms. The molecule has 0 aliphatic carbocycles. The minimum atomic E-state index is -0.453. The molecule has 1 aromatic carbocycles. The Hall–Kier alpha value is -3.75. The van der Waals surface area contributed by atoms with Crippen LogP contribution in [-0.2, 0) is 12.0 Å². The van der Waals surface area contributed by atoms with E-state index in [4.69, 9.17) is 9.72 Å². The molecule has 164 valence electrons. The number of aromatic nitrogens is 5. The first kappa shape index (κ1) is 20.2. The molecule has 8 nitrogen and oxygen atoms in total. The lowest BCUT2D eigenvalue weighted by Crippen LogP contribution is -2.25. The van der Waals surface area contributed by atoms with Crippen LogP contribution in [0.1, 0.15) is 25.0 Å². The second-order valence-corrected chi connectivity index (χ2v) is 8.59. The van der Waals surface area contributed by atoms with E-state index in [0.717, 1.165) is 23.7 Å². The monoisotopic (exact) mass is 434 g/mol. The summed E-state index contributed by atoms with van der Waals surface area (Å²) in [4.78, 5) is 17.9. The van der Waals surface area contributed by atoms with Gasteiger partial charge in [-0.1, -0.05) is 12.1 Å². The number of phenols is 1. The van der Waals surface area contributed by atoms with Gasteiger partial charge < -0.3 is 15.2 Å². The van der Waals surface area contributed by atoms with Crippen molar-refractivity contribution in [3.8, 4) is 23.1 Å². The van der Waals surface area contributed by atoms with Gasteiger partial charge in [-0.2, -0.15) is 4.98 Å². The van der Waals surface area contributed by atoms with E-state index in [0.29, 0.717) is 47.5 Å². The van der Waals surface area contributed by atoms with E-state index in [9.17, 15) is 9.50 Å². The van der Waals surface area contributed by atoms with E-state index in [2.05, 4.69) is 34.1 Å². The number of ether oxygens (including phenoxy) is 1. The van der Waals surface area contributed by atoms with Gasteiger partial charge in [0.25, 0.3) is 6.01 Å². The quantitative estimate of drug-likeness (QED) is 0.493. The fraction of sp³-hybridized carbons (Fsp3) is 0.304. The summed E-state index contributed by atoms with van der Waals surface area (Å²) < 4.78 is 21.5. The Morgan fingerprint density at radius 2 is 2.03 bits per heavy atom. The fourth-order valence-electron chi connectivity index (χ4n) is 3.87. The number of pyridine rings is 1. The molecule has 0 spiro atoms. The summed E-state index contributed by atoms with van der Waals surface area (Å²) in [5, 5.41) is 13.1. The van der Waals surface area contributed by atoms with E-state index < -0.39 is 5.82 Å². The minimum absolute atomic E-state index is 0.280. The average molecular weight is 434 g/mol.